The minimum absolute atomic E-state index is 0.0129. The lowest BCUT2D eigenvalue weighted by atomic mass is 9.86. The Morgan fingerprint density at radius 1 is 1.26 bits per heavy atom. The van der Waals surface area contributed by atoms with Crippen molar-refractivity contribution >= 4 is 23.3 Å². The molecule has 1 aliphatic carbocycles. The summed E-state index contributed by atoms with van der Waals surface area (Å²) in [7, 11) is 0. The summed E-state index contributed by atoms with van der Waals surface area (Å²) in [6, 6.07) is 10.2. The standard InChI is InChI=1S/C19H25NOS.C6H14N4O2/c1-2-11-20(12-10-17-6-4-13-22-17)16-8-9-18-15(14-16)5-3-7-19(18)21;7-4(5(11)12)2-1-3-10-6(8)9/h3-7,13,16,21H,2,8-12,14H2,1H3;4H,1-3,7H2,(H,11,12)(H4,8,9,10)/t16-;4-/m00/s1. The van der Waals surface area contributed by atoms with Crippen molar-refractivity contribution in [3.05, 3.63) is 51.7 Å². The number of phenolic OH excluding ortho intramolecular Hbond substituents is 1. The smallest absolute Gasteiger partial charge is 0.320 e. The summed E-state index contributed by atoms with van der Waals surface area (Å²) in [4.78, 5) is 18.0. The van der Waals surface area contributed by atoms with Crippen LogP contribution in [0.3, 0.4) is 0 Å². The van der Waals surface area contributed by atoms with Gasteiger partial charge in [-0.05, 0) is 80.1 Å². The molecule has 2 atom stereocenters. The Hall–Kier alpha value is -2.62. The molecule has 1 aromatic carbocycles. The molecule has 8 nitrogen and oxygen atoms in total. The number of benzene rings is 1. The average molecular weight is 490 g/mol. The summed E-state index contributed by atoms with van der Waals surface area (Å²) in [6.07, 6.45) is 6.56. The van der Waals surface area contributed by atoms with E-state index >= 15 is 0 Å². The number of rotatable bonds is 11. The zero-order chi connectivity index (χ0) is 24.9. The lowest BCUT2D eigenvalue weighted by Gasteiger charge is -2.35. The van der Waals surface area contributed by atoms with Crippen molar-refractivity contribution in [2.45, 2.75) is 64.0 Å². The van der Waals surface area contributed by atoms with Crippen molar-refractivity contribution < 1.29 is 15.0 Å². The Balaban J connectivity index is 0.000000292. The van der Waals surface area contributed by atoms with E-state index < -0.39 is 12.0 Å². The van der Waals surface area contributed by atoms with Gasteiger partial charge in [0.05, 0.1) is 0 Å². The fourth-order valence-corrected chi connectivity index (χ4v) is 4.89. The second-order valence-corrected chi connectivity index (χ2v) is 9.60. The Bertz CT molecular complexity index is 900. The van der Waals surface area contributed by atoms with Crippen molar-refractivity contribution in [3.8, 4) is 5.75 Å². The molecule has 188 valence electrons. The predicted molar refractivity (Wildman–Crippen MR) is 139 cm³/mol. The number of guanidine groups is 1. The quantitative estimate of drug-likeness (QED) is 0.185. The summed E-state index contributed by atoms with van der Waals surface area (Å²) in [5.41, 5.74) is 17.8. The number of thiophene rings is 1. The van der Waals surface area contributed by atoms with Crippen LogP contribution in [0, 0.1) is 0 Å². The van der Waals surface area contributed by atoms with Crippen LogP contribution < -0.4 is 17.2 Å². The largest absolute Gasteiger partial charge is 0.508 e. The SMILES string of the molecule is CCCN(CCc1cccs1)[C@H]1CCc2c(O)cccc2C1.NC(N)=NCCC[C@H](N)C(=O)O. The van der Waals surface area contributed by atoms with Gasteiger partial charge < -0.3 is 27.4 Å². The topological polar surface area (TPSA) is 151 Å². The monoisotopic (exact) mass is 489 g/mol. The number of carboxylic acids is 1. The number of phenols is 1. The van der Waals surface area contributed by atoms with Gasteiger partial charge in [-0.3, -0.25) is 14.7 Å². The van der Waals surface area contributed by atoms with Crippen LogP contribution in [0.2, 0.25) is 0 Å². The van der Waals surface area contributed by atoms with Crippen molar-refractivity contribution in [2.24, 2.45) is 22.2 Å². The molecule has 9 heteroatoms. The highest BCUT2D eigenvalue weighted by Crippen LogP contribution is 2.30. The summed E-state index contributed by atoms with van der Waals surface area (Å²) in [6.45, 7) is 5.00. The van der Waals surface area contributed by atoms with Gasteiger partial charge >= 0.3 is 5.97 Å². The van der Waals surface area contributed by atoms with Crippen LogP contribution in [-0.2, 0) is 24.1 Å². The van der Waals surface area contributed by atoms with Crippen molar-refractivity contribution in [1.82, 2.24) is 4.90 Å². The molecule has 0 amide bonds. The van der Waals surface area contributed by atoms with Crippen LogP contribution >= 0.6 is 11.3 Å². The minimum atomic E-state index is -1.00. The van der Waals surface area contributed by atoms with Crippen molar-refractivity contribution in [1.29, 1.82) is 0 Å². The lowest BCUT2D eigenvalue weighted by molar-refractivity contribution is -0.138. The molecule has 0 unspecified atom stereocenters. The molecular weight excluding hydrogens is 450 g/mol. The molecule has 1 heterocycles. The van der Waals surface area contributed by atoms with E-state index in [1.807, 2.05) is 23.5 Å². The van der Waals surface area contributed by atoms with Gasteiger partial charge in [-0.2, -0.15) is 0 Å². The van der Waals surface area contributed by atoms with E-state index in [1.165, 1.54) is 29.0 Å². The molecule has 0 saturated heterocycles. The third-order valence-electron chi connectivity index (χ3n) is 5.97. The molecule has 34 heavy (non-hydrogen) atoms. The zero-order valence-electron chi connectivity index (χ0n) is 20.0. The minimum Gasteiger partial charge on any atom is -0.508 e. The van der Waals surface area contributed by atoms with Crippen molar-refractivity contribution in [3.63, 3.8) is 0 Å². The molecule has 1 aromatic heterocycles. The van der Waals surface area contributed by atoms with E-state index in [2.05, 4.69) is 40.4 Å². The van der Waals surface area contributed by atoms with Gasteiger partial charge in [-0.25, -0.2) is 0 Å². The average Bonchev–Trinajstić information content (AvgIpc) is 3.33. The number of hydrogen-bond donors (Lipinski definition) is 5. The Morgan fingerprint density at radius 2 is 2.06 bits per heavy atom. The molecule has 0 spiro atoms. The molecule has 2 aromatic rings. The van der Waals surface area contributed by atoms with Crippen LogP contribution in [0.4, 0.5) is 0 Å². The highest BCUT2D eigenvalue weighted by Gasteiger charge is 2.25. The molecular formula is C25H39N5O3S. The van der Waals surface area contributed by atoms with E-state index in [-0.39, 0.29) is 5.96 Å². The fourth-order valence-electron chi connectivity index (χ4n) is 4.20. The number of fused-ring (bicyclic) bond motifs is 1. The second kappa shape index (κ2) is 14.6. The van der Waals surface area contributed by atoms with Gasteiger partial charge in [0.15, 0.2) is 5.96 Å². The number of aliphatic carboxylic acids is 1. The number of carbonyl (C=O) groups is 1. The number of aliphatic imine (C=N–C) groups is 1. The predicted octanol–water partition coefficient (Wildman–Crippen LogP) is 2.72. The van der Waals surface area contributed by atoms with Gasteiger partial charge in [-0.1, -0.05) is 25.1 Å². The summed E-state index contributed by atoms with van der Waals surface area (Å²) in [5.74, 6) is -0.504. The van der Waals surface area contributed by atoms with Crippen LogP contribution in [0.15, 0.2) is 40.7 Å². The van der Waals surface area contributed by atoms with Gasteiger partial charge in [0.1, 0.15) is 11.8 Å². The van der Waals surface area contributed by atoms with Crippen molar-refractivity contribution in [2.75, 3.05) is 19.6 Å². The molecule has 3 rings (SSSR count). The molecule has 0 radical (unpaired) electrons. The normalized spacial score (nSPS) is 15.7. The number of nitrogens with zero attached hydrogens (tertiary/aromatic N) is 2. The van der Waals surface area contributed by atoms with E-state index in [1.54, 1.807) is 0 Å². The van der Waals surface area contributed by atoms with Crippen LogP contribution in [0.5, 0.6) is 5.75 Å². The number of carboxylic acid groups (broad SMARTS) is 1. The van der Waals surface area contributed by atoms with Gasteiger partial charge in [-0.15, -0.1) is 11.3 Å². The first kappa shape index (κ1) is 27.6. The van der Waals surface area contributed by atoms with Gasteiger partial charge in [0.25, 0.3) is 0 Å². The maximum atomic E-state index is 10.2. The molecule has 1 aliphatic rings. The highest BCUT2D eigenvalue weighted by molar-refractivity contribution is 7.09. The summed E-state index contributed by atoms with van der Waals surface area (Å²) >= 11 is 1.86. The van der Waals surface area contributed by atoms with Crippen LogP contribution in [0.25, 0.3) is 0 Å². The lowest BCUT2D eigenvalue weighted by Crippen LogP contribution is -2.41. The molecule has 0 saturated carbocycles. The third kappa shape index (κ3) is 9.32. The second-order valence-electron chi connectivity index (χ2n) is 8.57. The fraction of sp³-hybridized carbons (Fsp3) is 0.520. The maximum absolute atomic E-state index is 10.2. The molecule has 8 N–H and O–H groups in total. The van der Waals surface area contributed by atoms with E-state index in [0.717, 1.165) is 32.2 Å². The van der Waals surface area contributed by atoms with Gasteiger partial charge in [0, 0.05) is 24.0 Å². The highest BCUT2D eigenvalue weighted by atomic mass is 32.1. The number of aromatic hydroxyl groups is 1. The van der Waals surface area contributed by atoms with E-state index in [0.29, 0.717) is 31.2 Å². The number of nitrogens with two attached hydrogens (primary N) is 3. The zero-order valence-corrected chi connectivity index (χ0v) is 20.8. The first-order valence-corrected chi connectivity index (χ1v) is 12.8. The molecule has 0 fully saturated rings. The Kier molecular flexibility index (Phi) is 11.9. The first-order valence-electron chi connectivity index (χ1n) is 11.9. The van der Waals surface area contributed by atoms with Gasteiger partial charge in [0.2, 0.25) is 0 Å². The maximum Gasteiger partial charge on any atom is 0.320 e. The Labute approximate surface area is 206 Å². The van der Waals surface area contributed by atoms with E-state index in [4.69, 9.17) is 22.3 Å². The van der Waals surface area contributed by atoms with Crippen LogP contribution in [0.1, 0.15) is 48.6 Å². The number of hydrogen-bond acceptors (Lipinski definition) is 6. The molecule has 0 aliphatic heterocycles. The van der Waals surface area contributed by atoms with E-state index in [9.17, 15) is 9.90 Å². The molecule has 0 bridgehead atoms. The summed E-state index contributed by atoms with van der Waals surface area (Å²) in [5, 5.41) is 20.5. The Morgan fingerprint density at radius 3 is 2.71 bits per heavy atom. The van der Waals surface area contributed by atoms with Crippen LogP contribution in [-0.4, -0.2) is 58.8 Å². The third-order valence-corrected chi connectivity index (χ3v) is 6.91. The first-order chi connectivity index (χ1) is 16.3. The summed E-state index contributed by atoms with van der Waals surface area (Å²) < 4.78 is 0.